The van der Waals surface area contributed by atoms with Crippen LogP contribution >= 0.6 is 0 Å². The maximum atomic E-state index is 12.5. The molecule has 0 aromatic heterocycles. The molecule has 1 aliphatic heterocycles. The highest BCUT2D eigenvalue weighted by atomic mass is 32.2. The van der Waals surface area contributed by atoms with Gasteiger partial charge in [0.25, 0.3) is 0 Å². The maximum absolute atomic E-state index is 12.5. The summed E-state index contributed by atoms with van der Waals surface area (Å²) in [7, 11) is -3.50. The van der Waals surface area contributed by atoms with Gasteiger partial charge in [0.05, 0.1) is 4.90 Å². The number of rotatable bonds is 6. The quantitative estimate of drug-likeness (QED) is 0.868. The average molecular weight is 336 g/mol. The molecule has 0 unspecified atom stereocenters. The largest absolute Gasteiger partial charge is 0.312 e. The number of hydrogen-bond donors (Lipinski definition) is 1. The van der Waals surface area contributed by atoms with E-state index in [1.54, 1.807) is 18.2 Å². The van der Waals surface area contributed by atoms with Gasteiger partial charge < -0.3 is 4.90 Å². The van der Waals surface area contributed by atoms with Gasteiger partial charge in [0.1, 0.15) is 0 Å². The number of fused-ring (bicyclic) bond motifs is 1. The van der Waals surface area contributed by atoms with Crippen molar-refractivity contribution < 1.29 is 13.2 Å². The van der Waals surface area contributed by atoms with Crippen molar-refractivity contribution in [3.8, 4) is 0 Å². The summed E-state index contributed by atoms with van der Waals surface area (Å²) in [5.74, 6) is 0.371. The highest BCUT2D eigenvalue weighted by Crippen LogP contribution is 2.37. The first-order valence-corrected chi connectivity index (χ1v) is 9.91. The molecule has 1 aromatic rings. The van der Waals surface area contributed by atoms with Gasteiger partial charge in [-0.3, -0.25) is 4.79 Å². The number of sulfonamides is 1. The predicted octanol–water partition coefficient (Wildman–Crippen LogP) is 2.45. The molecule has 0 bridgehead atoms. The van der Waals surface area contributed by atoms with E-state index in [0.29, 0.717) is 11.4 Å². The summed E-state index contributed by atoms with van der Waals surface area (Å²) < 4.78 is 27.8. The highest BCUT2D eigenvalue weighted by Gasteiger charge is 2.36. The zero-order chi connectivity index (χ0) is 16.6. The highest BCUT2D eigenvalue weighted by molar-refractivity contribution is 7.89. The number of carbonyl (C=O) groups excluding carboxylic acids is 1. The van der Waals surface area contributed by atoms with Crippen LogP contribution in [0, 0.1) is 5.92 Å². The van der Waals surface area contributed by atoms with E-state index in [2.05, 4.69) is 4.72 Å². The number of amides is 1. The normalized spacial score (nSPS) is 17.6. The molecule has 1 fully saturated rings. The van der Waals surface area contributed by atoms with Crippen molar-refractivity contribution in [1.82, 2.24) is 4.72 Å². The SMILES string of the molecule is CCC(CC)NS(=O)(=O)c1ccc2c(c1)CCN2C(=O)C1CC1. The Bertz CT molecular complexity index is 707. The molecular weight excluding hydrogens is 312 g/mol. The molecule has 5 nitrogen and oxygen atoms in total. The Morgan fingerprint density at radius 3 is 2.61 bits per heavy atom. The van der Waals surface area contributed by atoms with Crippen molar-refractivity contribution >= 4 is 21.6 Å². The fourth-order valence-electron chi connectivity index (χ4n) is 3.07. The second-order valence-corrected chi connectivity index (χ2v) is 8.15. The number of carbonyl (C=O) groups is 1. The van der Waals surface area contributed by atoms with Gasteiger partial charge >= 0.3 is 0 Å². The van der Waals surface area contributed by atoms with E-state index in [9.17, 15) is 13.2 Å². The van der Waals surface area contributed by atoms with Gasteiger partial charge in [0, 0.05) is 24.2 Å². The van der Waals surface area contributed by atoms with Crippen LogP contribution < -0.4 is 9.62 Å². The van der Waals surface area contributed by atoms with E-state index in [1.165, 1.54) is 0 Å². The van der Waals surface area contributed by atoms with Crippen molar-refractivity contribution in [3.05, 3.63) is 23.8 Å². The Morgan fingerprint density at radius 2 is 2.00 bits per heavy atom. The number of nitrogens with zero attached hydrogens (tertiary/aromatic N) is 1. The molecule has 3 rings (SSSR count). The van der Waals surface area contributed by atoms with Crippen molar-refractivity contribution in [2.75, 3.05) is 11.4 Å². The molecule has 1 N–H and O–H groups in total. The van der Waals surface area contributed by atoms with E-state index >= 15 is 0 Å². The third-order valence-electron chi connectivity index (χ3n) is 4.76. The molecule has 0 atom stereocenters. The molecule has 1 saturated carbocycles. The Kier molecular flexibility index (Phi) is 4.47. The van der Waals surface area contributed by atoms with E-state index in [1.807, 2.05) is 18.7 Å². The van der Waals surface area contributed by atoms with Gasteiger partial charge in [-0.15, -0.1) is 0 Å². The second kappa shape index (κ2) is 6.24. The van der Waals surface area contributed by atoms with Crippen LogP contribution in [0.25, 0.3) is 0 Å². The average Bonchev–Trinajstić information content (AvgIpc) is 3.31. The van der Waals surface area contributed by atoms with Crippen LogP contribution in [-0.2, 0) is 21.2 Å². The Hall–Kier alpha value is -1.40. The van der Waals surface area contributed by atoms with E-state index < -0.39 is 10.0 Å². The summed E-state index contributed by atoms with van der Waals surface area (Å²) in [4.78, 5) is 14.4. The lowest BCUT2D eigenvalue weighted by Crippen LogP contribution is -2.33. The first-order chi connectivity index (χ1) is 11.0. The predicted molar refractivity (Wildman–Crippen MR) is 89.9 cm³/mol. The lowest BCUT2D eigenvalue weighted by molar-refractivity contribution is -0.119. The fraction of sp³-hybridized carbons (Fsp3) is 0.588. The molecule has 1 aromatic carbocycles. The molecule has 0 saturated heterocycles. The van der Waals surface area contributed by atoms with Crippen LogP contribution in [0.5, 0.6) is 0 Å². The molecule has 0 radical (unpaired) electrons. The summed E-state index contributed by atoms with van der Waals surface area (Å²) in [6, 6.07) is 5.08. The third-order valence-corrected chi connectivity index (χ3v) is 6.28. The van der Waals surface area contributed by atoms with Gasteiger partial charge in [-0.05, 0) is 55.9 Å². The molecule has 1 aliphatic carbocycles. The lowest BCUT2D eigenvalue weighted by atomic mass is 10.2. The summed E-state index contributed by atoms with van der Waals surface area (Å²) in [5.41, 5.74) is 1.83. The lowest BCUT2D eigenvalue weighted by Gasteiger charge is -2.18. The van der Waals surface area contributed by atoms with Gasteiger partial charge in [0.15, 0.2) is 0 Å². The number of anilines is 1. The summed E-state index contributed by atoms with van der Waals surface area (Å²) in [6.07, 6.45) is 4.23. The molecule has 1 heterocycles. The maximum Gasteiger partial charge on any atom is 0.240 e. The number of hydrogen-bond acceptors (Lipinski definition) is 3. The van der Waals surface area contributed by atoms with Gasteiger partial charge in [0.2, 0.25) is 15.9 Å². The second-order valence-electron chi connectivity index (χ2n) is 6.44. The Morgan fingerprint density at radius 1 is 1.30 bits per heavy atom. The zero-order valence-electron chi connectivity index (χ0n) is 13.7. The number of nitrogens with one attached hydrogen (secondary N) is 1. The number of benzene rings is 1. The van der Waals surface area contributed by atoms with Crippen molar-refractivity contribution in [3.63, 3.8) is 0 Å². The van der Waals surface area contributed by atoms with Crippen LogP contribution in [0.4, 0.5) is 5.69 Å². The van der Waals surface area contributed by atoms with Crippen LogP contribution in [-0.4, -0.2) is 26.9 Å². The van der Waals surface area contributed by atoms with Crippen LogP contribution in [0.2, 0.25) is 0 Å². The van der Waals surface area contributed by atoms with Crippen molar-refractivity contribution in [2.45, 2.75) is 56.9 Å². The van der Waals surface area contributed by atoms with E-state index in [4.69, 9.17) is 0 Å². The van der Waals surface area contributed by atoms with Crippen molar-refractivity contribution in [2.24, 2.45) is 5.92 Å². The summed E-state index contributed by atoms with van der Waals surface area (Å²) in [6.45, 7) is 4.61. The van der Waals surface area contributed by atoms with Gasteiger partial charge in [-0.2, -0.15) is 0 Å². The summed E-state index contributed by atoms with van der Waals surface area (Å²) >= 11 is 0. The molecule has 1 amide bonds. The molecule has 6 heteroatoms. The minimum Gasteiger partial charge on any atom is -0.312 e. The minimum atomic E-state index is -3.50. The molecule has 2 aliphatic rings. The minimum absolute atomic E-state index is 0.0406. The van der Waals surface area contributed by atoms with E-state index in [0.717, 1.165) is 43.4 Å². The van der Waals surface area contributed by atoms with Crippen LogP contribution in [0.3, 0.4) is 0 Å². The van der Waals surface area contributed by atoms with Crippen molar-refractivity contribution in [1.29, 1.82) is 0 Å². The Balaban J connectivity index is 1.83. The molecule has 0 spiro atoms. The topological polar surface area (TPSA) is 66.5 Å². The van der Waals surface area contributed by atoms with Gasteiger partial charge in [-0.25, -0.2) is 13.1 Å². The van der Waals surface area contributed by atoms with Gasteiger partial charge in [-0.1, -0.05) is 13.8 Å². The van der Waals surface area contributed by atoms with Crippen LogP contribution in [0.1, 0.15) is 45.1 Å². The zero-order valence-corrected chi connectivity index (χ0v) is 14.5. The third kappa shape index (κ3) is 3.28. The molecule has 126 valence electrons. The van der Waals surface area contributed by atoms with Crippen LogP contribution in [0.15, 0.2) is 23.1 Å². The van der Waals surface area contributed by atoms with E-state index in [-0.39, 0.29) is 17.9 Å². The first-order valence-electron chi connectivity index (χ1n) is 8.43. The molecule has 23 heavy (non-hydrogen) atoms. The Labute approximate surface area is 138 Å². The fourth-order valence-corrected chi connectivity index (χ4v) is 4.52. The first kappa shape index (κ1) is 16.5. The monoisotopic (exact) mass is 336 g/mol. The smallest absolute Gasteiger partial charge is 0.240 e. The molecular formula is C17H24N2O3S. The standard InChI is InChI=1S/C17H24N2O3S/c1-3-14(4-2)18-23(21,22)15-7-8-16-13(11-15)9-10-19(16)17(20)12-5-6-12/h7-8,11-12,14,18H,3-6,9-10H2,1-2H3. The summed E-state index contributed by atoms with van der Waals surface area (Å²) in [5, 5.41) is 0.